The molecule has 5 heteroatoms. The van der Waals surface area contributed by atoms with Crippen molar-refractivity contribution in [2.24, 2.45) is 5.92 Å². The summed E-state index contributed by atoms with van der Waals surface area (Å²) >= 11 is 0. The fourth-order valence-electron chi connectivity index (χ4n) is 3.50. The second-order valence-electron chi connectivity index (χ2n) is 6.82. The molecule has 1 aromatic carbocycles. The lowest BCUT2D eigenvalue weighted by Crippen LogP contribution is -2.49. The summed E-state index contributed by atoms with van der Waals surface area (Å²) in [5.74, 6) is -0.00486. The molecule has 0 radical (unpaired) electrons. The first-order chi connectivity index (χ1) is 11.0. The van der Waals surface area contributed by atoms with Crippen LogP contribution >= 0.6 is 0 Å². The molecule has 2 heterocycles. The van der Waals surface area contributed by atoms with Crippen LogP contribution in [0.4, 0.5) is 5.69 Å². The Labute approximate surface area is 137 Å². The van der Waals surface area contributed by atoms with Gasteiger partial charge in [-0.15, -0.1) is 0 Å². The number of nitrogens with zero attached hydrogens (tertiary/aromatic N) is 3. The Hall–Kier alpha value is -1.88. The van der Waals surface area contributed by atoms with Gasteiger partial charge < -0.3 is 14.7 Å². The third-order valence-electron chi connectivity index (χ3n) is 4.93. The largest absolute Gasteiger partial charge is 0.340 e. The van der Waals surface area contributed by atoms with Gasteiger partial charge in [0.15, 0.2) is 0 Å². The summed E-state index contributed by atoms with van der Waals surface area (Å²) in [6.45, 7) is 7.93. The number of carbonyl (C=O) groups is 2. The van der Waals surface area contributed by atoms with Crippen LogP contribution in [-0.2, 0) is 9.59 Å². The van der Waals surface area contributed by atoms with Crippen molar-refractivity contribution in [1.29, 1.82) is 0 Å². The molecule has 0 saturated carbocycles. The van der Waals surface area contributed by atoms with Crippen LogP contribution in [0.15, 0.2) is 18.2 Å². The molecule has 3 rings (SSSR count). The highest BCUT2D eigenvalue weighted by atomic mass is 16.2. The van der Waals surface area contributed by atoms with Crippen molar-refractivity contribution in [1.82, 2.24) is 9.80 Å². The fraction of sp³-hybridized carbons (Fsp3) is 0.556. The van der Waals surface area contributed by atoms with Crippen molar-refractivity contribution in [2.75, 3.05) is 44.7 Å². The number of anilines is 1. The molecule has 5 nitrogen and oxygen atoms in total. The van der Waals surface area contributed by atoms with E-state index in [4.69, 9.17) is 0 Å². The van der Waals surface area contributed by atoms with Crippen molar-refractivity contribution in [3.63, 3.8) is 0 Å². The first-order valence-corrected chi connectivity index (χ1v) is 8.30. The second kappa shape index (κ2) is 6.32. The van der Waals surface area contributed by atoms with Crippen molar-refractivity contribution in [3.8, 4) is 0 Å². The lowest BCUT2D eigenvalue weighted by molar-refractivity contribution is -0.137. The molecule has 23 heavy (non-hydrogen) atoms. The summed E-state index contributed by atoms with van der Waals surface area (Å²) < 4.78 is 0. The molecule has 0 N–H and O–H groups in total. The molecule has 1 unspecified atom stereocenters. The third kappa shape index (κ3) is 3.24. The molecular formula is C18H25N3O2. The van der Waals surface area contributed by atoms with Crippen LogP contribution in [0, 0.1) is 19.8 Å². The van der Waals surface area contributed by atoms with Crippen molar-refractivity contribution < 1.29 is 9.59 Å². The van der Waals surface area contributed by atoms with E-state index in [2.05, 4.69) is 18.0 Å². The molecule has 0 aromatic heterocycles. The normalized spacial score (nSPS) is 22.7. The summed E-state index contributed by atoms with van der Waals surface area (Å²) in [4.78, 5) is 31.0. The van der Waals surface area contributed by atoms with E-state index in [0.717, 1.165) is 37.4 Å². The minimum atomic E-state index is -0.202. The Morgan fingerprint density at radius 2 is 1.83 bits per heavy atom. The molecule has 124 valence electrons. The highest BCUT2D eigenvalue weighted by Gasteiger charge is 2.38. The molecule has 1 aromatic rings. The van der Waals surface area contributed by atoms with Gasteiger partial charge in [0.1, 0.15) is 0 Å². The third-order valence-corrected chi connectivity index (χ3v) is 4.93. The molecule has 0 spiro atoms. The van der Waals surface area contributed by atoms with E-state index < -0.39 is 0 Å². The van der Waals surface area contributed by atoms with Crippen molar-refractivity contribution in [3.05, 3.63) is 29.3 Å². The Bertz CT molecular complexity index is 621. The van der Waals surface area contributed by atoms with E-state index in [0.29, 0.717) is 13.0 Å². The lowest BCUT2D eigenvalue weighted by Gasteiger charge is -2.33. The van der Waals surface area contributed by atoms with E-state index in [1.807, 2.05) is 30.9 Å². The number of rotatable bonds is 2. The molecule has 2 amide bonds. The fourth-order valence-corrected chi connectivity index (χ4v) is 3.50. The zero-order valence-electron chi connectivity index (χ0n) is 14.2. The number of amides is 2. The zero-order valence-corrected chi connectivity index (χ0v) is 14.2. The van der Waals surface area contributed by atoms with E-state index in [9.17, 15) is 9.59 Å². The number of aryl methyl sites for hydroxylation is 2. The first kappa shape index (κ1) is 16.0. The molecule has 0 bridgehead atoms. The number of hydrogen-bond acceptors (Lipinski definition) is 3. The van der Waals surface area contributed by atoms with E-state index in [-0.39, 0.29) is 17.7 Å². The quantitative estimate of drug-likeness (QED) is 0.829. The summed E-state index contributed by atoms with van der Waals surface area (Å²) in [6.07, 6.45) is 0.332. The molecule has 2 saturated heterocycles. The molecule has 2 aliphatic heterocycles. The van der Waals surface area contributed by atoms with Gasteiger partial charge >= 0.3 is 0 Å². The van der Waals surface area contributed by atoms with Gasteiger partial charge in [-0.25, -0.2) is 0 Å². The Kier molecular flexibility index (Phi) is 4.39. The predicted molar refractivity (Wildman–Crippen MR) is 90.5 cm³/mol. The van der Waals surface area contributed by atoms with Gasteiger partial charge in [0.2, 0.25) is 11.8 Å². The highest BCUT2D eigenvalue weighted by Crippen LogP contribution is 2.29. The minimum absolute atomic E-state index is 0.0597. The van der Waals surface area contributed by atoms with Crippen LogP contribution < -0.4 is 4.90 Å². The predicted octanol–water partition coefficient (Wildman–Crippen LogP) is 1.43. The molecule has 2 fully saturated rings. The summed E-state index contributed by atoms with van der Waals surface area (Å²) in [7, 11) is 2.07. The van der Waals surface area contributed by atoms with Gasteiger partial charge in [-0.3, -0.25) is 9.59 Å². The molecule has 2 aliphatic rings. The van der Waals surface area contributed by atoms with E-state index in [1.54, 1.807) is 4.90 Å². The Morgan fingerprint density at radius 3 is 2.48 bits per heavy atom. The van der Waals surface area contributed by atoms with Crippen LogP contribution in [0.2, 0.25) is 0 Å². The van der Waals surface area contributed by atoms with Gasteiger partial charge in [0.25, 0.3) is 0 Å². The Morgan fingerprint density at radius 1 is 1.13 bits per heavy atom. The van der Waals surface area contributed by atoms with Crippen LogP contribution in [-0.4, -0.2) is 61.4 Å². The van der Waals surface area contributed by atoms with Gasteiger partial charge in [-0.1, -0.05) is 17.7 Å². The SMILES string of the molecule is Cc1ccc(N2CC(C(=O)N3CCN(C)CC3)CC2=O)c(C)c1. The average molecular weight is 315 g/mol. The minimum Gasteiger partial charge on any atom is -0.340 e. The summed E-state index contributed by atoms with van der Waals surface area (Å²) in [5.41, 5.74) is 3.21. The second-order valence-corrected chi connectivity index (χ2v) is 6.82. The Balaban J connectivity index is 1.71. The first-order valence-electron chi connectivity index (χ1n) is 8.30. The van der Waals surface area contributed by atoms with E-state index in [1.165, 1.54) is 5.56 Å². The zero-order chi connectivity index (χ0) is 16.6. The maximum absolute atomic E-state index is 12.7. The number of likely N-dealkylation sites (N-methyl/N-ethyl adjacent to an activating group) is 1. The van der Waals surface area contributed by atoms with Gasteiger partial charge in [-0.05, 0) is 32.5 Å². The van der Waals surface area contributed by atoms with Crippen LogP contribution in [0.3, 0.4) is 0 Å². The van der Waals surface area contributed by atoms with E-state index >= 15 is 0 Å². The van der Waals surface area contributed by atoms with Gasteiger partial charge in [0.05, 0.1) is 5.92 Å². The molecule has 1 atom stereocenters. The lowest BCUT2D eigenvalue weighted by atomic mass is 10.1. The highest BCUT2D eigenvalue weighted by molar-refractivity contribution is 6.00. The molecule has 0 aliphatic carbocycles. The van der Waals surface area contributed by atoms with Crippen molar-refractivity contribution >= 4 is 17.5 Å². The summed E-state index contributed by atoms with van der Waals surface area (Å²) in [5, 5.41) is 0. The van der Waals surface area contributed by atoms with Crippen molar-refractivity contribution in [2.45, 2.75) is 20.3 Å². The van der Waals surface area contributed by atoms with Crippen LogP contribution in [0.5, 0.6) is 0 Å². The summed E-state index contributed by atoms with van der Waals surface area (Å²) in [6, 6.07) is 6.09. The molecular weight excluding hydrogens is 290 g/mol. The number of hydrogen-bond donors (Lipinski definition) is 0. The van der Waals surface area contributed by atoms with Gasteiger partial charge in [0, 0.05) is 44.8 Å². The monoisotopic (exact) mass is 315 g/mol. The number of piperazine rings is 1. The van der Waals surface area contributed by atoms with Crippen LogP contribution in [0.1, 0.15) is 17.5 Å². The standard InChI is InChI=1S/C18H25N3O2/c1-13-4-5-16(14(2)10-13)21-12-15(11-17(21)22)18(23)20-8-6-19(3)7-9-20/h4-5,10,15H,6-9,11-12H2,1-3H3. The smallest absolute Gasteiger partial charge is 0.228 e. The average Bonchev–Trinajstić information content (AvgIpc) is 2.89. The van der Waals surface area contributed by atoms with Crippen LogP contribution in [0.25, 0.3) is 0 Å². The maximum atomic E-state index is 12.7. The maximum Gasteiger partial charge on any atom is 0.228 e. The van der Waals surface area contributed by atoms with Gasteiger partial charge in [-0.2, -0.15) is 0 Å². The number of benzene rings is 1. The topological polar surface area (TPSA) is 43.9 Å². The number of carbonyl (C=O) groups excluding carboxylic acids is 2.